The van der Waals surface area contributed by atoms with E-state index in [9.17, 15) is 4.79 Å². The van der Waals surface area contributed by atoms with Crippen molar-refractivity contribution in [1.29, 1.82) is 0 Å². The maximum atomic E-state index is 12.3. The van der Waals surface area contributed by atoms with Gasteiger partial charge in [-0.1, -0.05) is 0 Å². The number of amides is 1. The summed E-state index contributed by atoms with van der Waals surface area (Å²) in [6, 6.07) is 3.88. The topological polar surface area (TPSA) is 51.2 Å². The molecular weight excluding hydrogens is 288 g/mol. The molecule has 1 N–H and O–H groups in total. The van der Waals surface area contributed by atoms with Gasteiger partial charge in [0.2, 0.25) is 0 Å². The molecule has 124 valence electrons. The molecule has 4 heteroatoms. The van der Waals surface area contributed by atoms with Crippen LogP contribution in [0, 0.1) is 17.8 Å². The molecule has 0 atom stereocenters. The van der Waals surface area contributed by atoms with Crippen molar-refractivity contribution in [3.05, 3.63) is 29.6 Å². The maximum Gasteiger partial charge on any atom is 0.251 e. The molecule has 4 fully saturated rings. The zero-order chi connectivity index (χ0) is 15.9. The fourth-order valence-corrected chi connectivity index (χ4v) is 5.65. The third kappa shape index (κ3) is 2.78. The molecule has 0 aliphatic heterocycles. The van der Waals surface area contributed by atoms with Crippen molar-refractivity contribution in [2.45, 2.75) is 43.9 Å². The highest BCUT2D eigenvalue weighted by molar-refractivity contribution is 5.94. The fourth-order valence-electron chi connectivity index (χ4n) is 5.65. The Morgan fingerprint density at radius 1 is 1.26 bits per heavy atom. The predicted molar refractivity (Wildman–Crippen MR) is 88.3 cm³/mol. The Bertz CT molecular complexity index is 564. The van der Waals surface area contributed by atoms with Gasteiger partial charge in [0, 0.05) is 36.5 Å². The first-order valence-electron chi connectivity index (χ1n) is 8.92. The molecule has 1 amide bonds. The zero-order valence-electron chi connectivity index (χ0n) is 13.9. The summed E-state index contributed by atoms with van der Waals surface area (Å²) in [5.41, 5.74) is 2.15. The number of hydrogen-bond acceptors (Lipinski definition) is 3. The van der Waals surface area contributed by atoms with Gasteiger partial charge in [-0.15, -0.1) is 0 Å². The largest absolute Gasteiger partial charge is 0.383 e. The van der Waals surface area contributed by atoms with Gasteiger partial charge >= 0.3 is 0 Å². The normalized spacial score (nSPS) is 34.6. The van der Waals surface area contributed by atoms with Crippen LogP contribution >= 0.6 is 0 Å². The molecule has 5 rings (SSSR count). The number of carbonyl (C=O) groups is 1. The number of aromatic nitrogens is 1. The lowest BCUT2D eigenvalue weighted by molar-refractivity contribution is -0.00722. The Morgan fingerprint density at radius 2 is 1.91 bits per heavy atom. The van der Waals surface area contributed by atoms with Gasteiger partial charge in [0.1, 0.15) is 0 Å². The Morgan fingerprint density at radius 3 is 2.52 bits per heavy atom. The van der Waals surface area contributed by atoms with Gasteiger partial charge in [0.05, 0.1) is 6.61 Å². The number of nitrogens with one attached hydrogen (secondary N) is 1. The van der Waals surface area contributed by atoms with Crippen LogP contribution in [0.15, 0.2) is 18.3 Å². The Hall–Kier alpha value is -1.42. The van der Waals surface area contributed by atoms with Crippen molar-refractivity contribution in [1.82, 2.24) is 10.3 Å². The van der Waals surface area contributed by atoms with E-state index >= 15 is 0 Å². The smallest absolute Gasteiger partial charge is 0.251 e. The van der Waals surface area contributed by atoms with Gasteiger partial charge in [-0.05, 0) is 68.4 Å². The predicted octanol–water partition coefficient (Wildman–Crippen LogP) is 2.93. The lowest BCUT2D eigenvalue weighted by Gasteiger charge is -2.56. The lowest BCUT2D eigenvalue weighted by atomic mass is 9.48. The molecule has 0 radical (unpaired) electrons. The van der Waals surface area contributed by atoms with E-state index in [4.69, 9.17) is 9.72 Å². The highest BCUT2D eigenvalue weighted by atomic mass is 16.5. The number of methoxy groups -OCH3 is 1. The number of hydrogen-bond donors (Lipinski definition) is 1. The van der Waals surface area contributed by atoms with Crippen molar-refractivity contribution >= 4 is 5.91 Å². The molecule has 4 saturated carbocycles. The number of carbonyl (C=O) groups excluding carboxylic acids is 1. The van der Waals surface area contributed by atoms with Gasteiger partial charge in [0.15, 0.2) is 0 Å². The summed E-state index contributed by atoms with van der Waals surface area (Å²) in [5.74, 6) is 2.65. The Balaban J connectivity index is 1.55. The molecule has 4 bridgehead atoms. The van der Waals surface area contributed by atoms with Crippen LogP contribution in [0.1, 0.15) is 54.6 Å². The number of nitrogens with zero attached hydrogens (tertiary/aromatic N) is 1. The van der Waals surface area contributed by atoms with Gasteiger partial charge in [0.25, 0.3) is 5.91 Å². The van der Waals surface area contributed by atoms with Crippen LogP contribution in [0.2, 0.25) is 0 Å². The summed E-state index contributed by atoms with van der Waals surface area (Å²) in [7, 11) is 1.64. The van der Waals surface area contributed by atoms with Gasteiger partial charge < -0.3 is 10.1 Å². The average Bonchev–Trinajstić information content (AvgIpc) is 2.54. The molecule has 0 saturated heterocycles. The second-order valence-corrected chi connectivity index (χ2v) is 7.88. The highest BCUT2D eigenvalue weighted by Crippen LogP contribution is 2.60. The van der Waals surface area contributed by atoms with Gasteiger partial charge in [-0.3, -0.25) is 9.78 Å². The van der Waals surface area contributed by atoms with Crippen molar-refractivity contribution in [3.63, 3.8) is 0 Å². The molecule has 4 nitrogen and oxygen atoms in total. The quantitative estimate of drug-likeness (QED) is 0.850. The third-order valence-electron chi connectivity index (χ3n) is 6.20. The van der Waals surface area contributed by atoms with E-state index in [-0.39, 0.29) is 11.3 Å². The van der Waals surface area contributed by atoms with Crippen molar-refractivity contribution in [2.75, 3.05) is 20.3 Å². The highest BCUT2D eigenvalue weighted by Gasteiger charge is 2.52. The van der Waals surface area contributed by atoms with E-state index in [0.29, 0.717) is 13.2 Å². The molecular formula is C19H26N2O2. The molecule has 23 heavy (non-hydrogen) atoms. The number of pyridine rings is 1. The molecule has 1 aromatic heterocycles. The van der Waals surface area contributed by atoms with Crippen LogP contribution in [-0.2, 0) is 10.2 Å². The van der Waals surface area contributed by atoms with Crippen LogP contribution in [0.3, 0.4) is 0 Å². The van der Waals surface area contributed by atoms with Gasteiger partial charge in [-0.25, -0.2) is 0 Å². The number of rotatable bonds is 5. The molecule has 0 spiro atoms. The minimum Gasteiger partial charge on any atom is -0.383 e. The Labute approximate surface area is 138 Å². The Kier molecular flexibility index (Phi) is 3.88. The lowest BCUT2D eigenvalue weighted by Crippen LogP contribution is -2.49. The minimum atomic E-state index is -0.0181. The SMILES string of the molecule is COCCNC(=O)c1ccnc(C23CC4CC(CC(C4)C2)C3)c1. The summed E-state index contributed by atoms with van der Waals surface area (Å²) < 4.78 is 4.99. The second-order valence-electron chi connectivity index (χ2n) is 7.88. The van der Waals surface area contributed by atoms with E-state index in [0.717, 1.165) is 29.0 Å². The van der Waals surface area contributed by atoms with Crippen LogP contribution < -0.4 is 5.32 Å². The maximum absolute atomic E-state index is 12.3. The monoisotopic (exact) mass is 314 g/mol. The second kappa shape index (κ2) is 5.90. The van der Waals surface area contributed by atoms with E-state index in [1.54, 1.807) is 7.11 Å². The first kappa shape index (κ1) is 15.1. The molecule has 0 aromatic carbocycles. The van der Waals surface area contributed by atoms with Crippen LogP contribution in [0.4, 0.5) is 0 Å². The first-order valence-corrected chi connectivity index (χ1v) is 8.92. The molecule has 0 unspecified atom stereocenters. The molecule has 4 aliphatic rings. The summed E-state index contributed by atoms with van der Waals surface area (Å²) in [6.45, 7) is 1.09. The standard InChI is InChI=1S/C19H26N2O2/c1-23-5-4-21-18(22)16-2-3-20-17(9-16)19-10-13-6-14(11-19)8-15(7-13)12-19/h2-3,9,13-15H,4-8,10-12H2,1H3,(H,21,22). The van der Waals surface area contributed by atoms with E-state index in [1.165, 1.54) is 38.5 Å². The van der Waals surface area contributed by atoms with Crippen molar-refractivity contribution in [3.8, 4) is 0 Å². The van der Waals surface area contributed by atoms with Crippen LogP contribution in [-0.4, -0.2) is 31.2 Å². The summed E-state index contributed by atoms with van der Waals surface area (Å²) in [4.78, 5) is 17.0. The molecule has 4 aliphatic carbocycles. The third-order valence-corrected chi connectivity index (χ3v) is 6.20. The minimum absolute atomic E-state index is 0.0181. The van der Waals surface area contributed by atoms with Crippen molar-refractivity contribution in [2.24, 2.45) is 17.8 Å². The first-order chi connectivity index (χ1) is 11.2. The average molecular weight is 314 g/mol. The summed E-state index contributed by atoms with van der Waals surface area (Å²) >= 11 is 0. The summed E-state index contributed by atoms with van der Waals surface area (Å²) in [6.07, 6.45) is 9.94. The zero-order valence-corrected chi connectivity index (χ0v) is 13.9. The van der Waals surface area contributed by atoms with Crippen molar-refractivity contribution < 1.29 is 9.53 Å². The van der Waals surface area contributed by atoms with E-state index in [1.807, 2.05) is 12.3 Å². The van der Waals surface area contributed by atoms with Crippen LogP contribution in [0.5, 0.6) is 0 Å². The van der Waals surface area contributed by atoms with Crippen LogP contribution in [0.25, 0.3) is 0 Å². The van der Waals surface area contributed by atoms with E-state index < -0.39 is 0 Å². The van der Waals surface area contributed by atoms with Gasteiger partial charge in [-0.2, -0.15) is 0 Å². The molecule has 1 heterocycles. The molecule has 1 aromatic rings. The fraction of sp³-hybridized carbons (Fsp3) is 0.684. The number of ether oxygens (including phenoxy) is 1. The summed E-state index contributed by atoms with van der Waals surface area (Å²) in [5, 5.41) is 2.91. The van der Waals surface area contributed by atoms with E-state index in [2.05, 4.69) is 11.4 Å².